The second-order valence-corrected chi connectivity index (χ2v) is 6.18. The summed E-state index contributed by atoms with van der Waals surface area (Å²) in [6.45, 7) is 3.43. The van der Waals surface area contributed by atoms with Crippen LogP contribution in [0.1, 0.15) is 44.5 Å². The van der Waals surface area contributed by atoms with Crippen molar-refractivity contribution in [3.05, 3.63) is 24.2 Å². The molecule has 0 saturated carbocycles. The van der Waals surface area contributed by atoms with Crippen molar-refractivity contribution in [1.82, 2.24) is 10.2 Å². The Hall–Kier alpha value is -1.53. The van der Waals surface area contributed by atoms with E-state index < -0.39 is 6.10 Å². The number of hydrogen-bond donors (Lipinski definition) is 2. The highest BCUT2D eigenvalue weighted by Gasteiger charge is 2.34. The molecule has 3 rings (SSSR count). The van der Waals surface area contributed by atoms with Gasteiger partial charge in [-0.3, -0.25) is 0 Å². The lowest BCUT2D eigenvalue weighted by Gasteiger charge is -2.28. The summed E-state index contributed by atoms with van der Waals surface area (Å²) in [6.07, 6.45) is 4.22. The first-order chi connectivity index (χ1) is 10.6. The van der Waals surface area contributed by atoms with Crippen LogP contribution in [0, 0.1) is 0 Å². The number of aliphatic hydroxyl groups excluding tert-OH is 1. The number of nitrogens with one attached hydrogen (secondary N) is 1. The van der Waals surface area contributed by atoms with Crippen molar-refractivity contribution in [2.75, 3.05) is 13.2 Å². The van der Waals surface area contributed by atoms with E-state index in [1.165, 1.54) is 0 Å². The van der Waals surface area contributed by atoms with Crippen LogP contribution in [0.4, 0.5) is 4.79 Å². The highest BCUT2D eigenvalue weighted by molar-refractivity contribution is 5.75. The highest BCUT2D eigenvalue weighted by Crippen LogP contribution is 2.28. The van der Waals surface area contributed by atoms with Gasteiger partial charge in [-0.05, 0) is 38.3 Å². The zero-order valence-electron chi connectivity index (χ0n) is 12.9. The average molecular weight is 308 g/mol. The number of hydrogen-bond acceptors (Lipinski definition) is 4. The van der Waals surface area contributed by atoms with Gasteiger partial charge in [0.25, 0.3) is 0 Å². The molecular formula is C16H24N2O4. The van der Waals surface area contributed by atoms with Crippen molar-refractivity contribution in [3.63, 3.8) is 0 Å². The van der Waals surface area contributed by atoms with Crippen molar-refractivity contribution >= 4 is 6.03 Å². The lowest BCUT2D eigenvalue weighted by atomic mass is 10.1. The fraction of sp³-hybridized carbons (Fsp3) is 0.688. The van der Waals surface area contributed by atoms with Gasteiger partial charge in [-0.15, -0.1) is 0 Å². The molecule has 1 aromatic rings. The summed E-state index contributed by atoms with van der Waals surface area (Å²) in [7, 11) is 0. The lowest BCUT2D eigenvalue weighted by Crippen LogP contribution is -2.49. The second-order valence-electron chi connectivity index (χ2n) is 6.18. The fourth-order valence-corrected chi connectivity index (χ4v) is 3.37. The van der Waals surface area contributed by atoms with E-state index in [2.05, 4.69) is 5.32 Å². The minimum absolute atomic E-state index is 0.0449. The summed E-state index contributed by atoms with van der Waals surface area (Å²) in [5.41, 5.74) is 0. The average Bonchev–Trinajstić information content (AvgIpc) is 3.21. The second kappa shape index (κ2) is 6.71. The molecule has 0 spiro atoms. The van der Waals surface area contributed by atoms with E-state index in [9.17, 15) is 9.90 Å². The van der Waals surface area contributed by atoms with E-state index in [1.807, 2.05) is 11.8 Å². The molecule has 3 heterocycles. The van der Waals surface area contributed by atoms with E-state index >= 15 is 0 Å². The molecule has 0 radical (unpaired) electrons. The predicted molar refractivity (Wildman–Crippen MR) is 80.4 cm³/mol. The summed E-state index contributed by atoms with van der Waals surface area (Å²) in [6, 6.07) is 3.62. The number of carbonyl (C=O) groups excluding carboxylic acids is 1. The largest absolute Gasteiger partial charge is 0.467 e. The Labute approximate surface area is 130 Å². The summed E-state index contributed by atoms with van der Waals surface area (Å²) in [4.78, 5) is 14.3. The molecule has 22 heavy (non-hydrogen) atoms. The monoisotopic (exact) mass is 308 g/mol. The van der Waals surface area contributed by atoms with Crippen molar-refractivity contribution in [1.29, 1.82) is 0 Å². The minimum atomic E-state index is -0.665. The van der Waals surface area contributed by atoms with Crippen molar-refractivity contribution < 1.29 is 19.1 Å². The van der Waals surface area contributed by atoms with E-state index in [4.69, 9.17) is 9.15 Å². The molecule has 6 heteroatoms. The smallest absolute Gasteiger partial charge is 0.317 e. The number of aliphatic hydroxyl groups is 1. The zero-order chi connectivity index (χ0) is 15.5. The number of furan rings is 1. The Balaban J connectivity index is 1.56. The molecule has 2 fully saturated rings. The fourth-order valence-electron chi connectivity index (χ4n) is 3.37. The minimum Gasteiger partial charge on any atom is -0.467 e. The molecule has 2 N–H and O–H groups in total. The number of ether oxygens (including phenoxy) is 1. The Kier molecular flexibility index (Phi) is 4.69. The zero-order valence-corrected chi connectivity index (χ0v) is 12.9. The van der Waals surface area contributed by atoms with Gasteiger partial charge in [-0.25, -0.2) is 4.79 Å². The number of likely N-dealkylation sites (tertiary alicyclic amines) is 1. The number of carbonyl (C=O) groups is 1. The first-order valence-corrected chi connectivity index (χ1v) is 8.05. The van der Waals surface area contributed by atoms with Crippen LogP contribution in [0.5, 0.6) is 0 Å². The van der Waals surface area contributed by atoms with Crippen LogP contribution in [0.15, 0.2) is 22.8 Å². The number of urea groups is 1. The van der Waals surface area contributed by atoms with Crippen LogP contribution in [0.25, 0.3) is 0 Å². The molecule has 1 aromatic heterocycles. The first-order valence-electron chi connectivity index (χ1n) is 8.05. The van der Waals surface area contributed by atoms with E-state index in [0.29, 0.717) is 18.8 Å². The predicted octanol–water partition coefficient (Wildman–Crippen LogP) is 2.05. The molecule has 4 unspecified atom stereocenters. The Morgan fingerprint density at radius 1 is 1.55 bits per heavy atom. The molecular weight excluding hydrogens is 284 g/mol. The Morgan fingerprint density at radius 2 is 2.41 bits per heavy atom. The van der Waals surface area contributed by atoms with Crippen LogP contribution in [-0.4, -0.2) is 47.4 Å². The topological polar surface area (TPSA) is 74.9 Å². The van der Waals surface area contributed by atoms with Gasteiger partial charge >= 0.3 is 6.03 Å². The maximum Gasteiger partial charge on any atom is 0.317 e. The summed E-state index contributed by atoms with van der Waals surface area (Å²) in [5.74, 6) is 0.560. The number of nitrogens with zero attached hydrogens (tertiary/aromatic N) is 1. The van der Waals surface area contributed by atoms with E-state index in [-0.39, 0.29) is 24.2 Å². The van der Waals surface area contributed by atoms with Crippen LogP contribution in [0.3, 0.4) is 0 Å². The number of rotatable bonds is 4. The maximum atomic E-state index is 12.5. The number of amides is 2. The summed E-state index contributed by atoms with van der Waals surface area (Å²) < 4.78 is 10.7. The van der Waals surface area contributed by atoms with Gasteiger partial charge in [-0.2, -0.15) is 0 Å². The van der Waals surface area contributed by atoms with Gasteiger partial charge in [-0.1, -0.05) is 0 Å². The molecule has 0 aromatic carbocycles. The summed E-state index contributed by atoms with van der Waals surface area (Å²) in [5, 5.41) is 13.3. The molecule has 2 saturated heterocycles. The first kappa shape index (κ1) is 15.4. The molecule has 6 nitrogen and oxygen atoms in total. The molecule has 4 atom stereocenters. The Bertz CT molecular complexity index is 490. The molecule has 2 aliphatic heterocycles. The van der Waals surface area contributed by atoms with Gasteiger partial charge in [0, 0.05) is 25.6 Å². The van der Waals surface area contributed by atoms with Crippen molar-refractivity contribution in [3.8, 4) is 0 Å². The normalized spacial score (nSPS) is 29.7. The third-order valence-electron chi connectivity index (χ3n) is 4.69. The third-order valence-corrected chi connectivity index (χ3v) is 4.69. The van der Waals surface area contributed by atoms with Gasteiger partial charge in [0.05, 0.1) is 18.4 Å². The van der Waals surface area contributed by atoms with Gasteiger partial charge in [0.1, 0.15) is 11.9 Å². The van der Waals surface area contributed by atoms with Gasteiger partial charge in [0.2, 0.25) is 0 Å². The van der Waals surface area contributed by atoms with Gasteiger partial charge < -0.3 is 24.5 Å². The standard InChI is InChI=1S/C16H24N2O4/c1-11-13(6-9-21-11)17-16(20)18-7-2-4-12(18)10-14(19)15-5-3-8-22-15/h3,5,8,11-14,19H,2,4,6-7,9-10H2,1H3,(H,17,20). The van der Waals surface area contributed by atoms with Crippen molar-refractivity contribution in [2.45, 2.75) is 56.9 Å². The van der Waals surface area contributed by atoms with E-state index in [1.54, 1.807) is 18.4 Å². The molecule has 0 bridgehead atoms. The SMILES string of the molecule is CC1OCCC1NC(=O)N1CCCC1CC(O)c1ccco1. The summed E-state index contributed by atoms with van der Waals surface area (Å²) >= 11 is 0. The molecule has 2 amide bonds. The maximum absolute atomic E-state index is 12.5. The van der Waals surface area contributed by atoms with E-state index in [0.717, 1.165) is 25.8 Å². The molecule has 2 aliphatic rings. The van der Waals surface area contributed by atoms with Crippen LogP contribution in [-0.2, 0) is 4.74 Å². The van der Waals surface area contributed by atoms with Crippen LogP contribution < -0.4 is 5.32 Å². The molecule has 0 aliphatic carbocycles. The molecule has 122 valence electrons. The van der Waals surface area contributed by atoms with Crippen molar-refractivity contribution in [2.24, 2.45) is 0 Å². The highest BCUT2D eigenvalue weighted by atomic mass is 16.5. The third kappa shape index (κ3) is 3.28. The lowest BCUT2D eigenvalue weighted by molar-refractivity contribution is 0.101. The van der Waals surface area contributed by atoms with Crippen LogP contribution in [0.2, 0.25) is 0 Å². The Morgan fingerprint density at radius 3 is 3.09 bits per heavy atom. The van der Waals surface area contributed by atoms with Crippen LogP contribution >= 0.6 is 0 Å². The quantitative estimate of drug-likeness (QED) is 0.893. The van der Waals surface area contributed by atoms with Gasteiger partial charge in [0.15, 0.2) is 0 Å².